The topological polar surface area (TPSA) is 67.2 Å². The summed E-state index contributed by atoms with van der Waals surface area (Å²) in [5.74, 6) is -0.0846. The zero-order valence-electron chi connectivity index (χ0n) is 11.4. The van der Waals surface area contributed by atoms with Crippen molar-refractivity contribution in [3.05, 3.63) is 72.6 Å². The summed E-state index contributed by atoms with van der Waals surface area (Å²) in [6.07, 6.45) is 2.97. The number of carbonyl (C=O) groups is 1. The van der Waals surface area contributed by atoms with Crippen molar-refractivity contribution in [1.29, 1.82) is 0 Å². The lowest BCUT2D eigenvalue weighted by atomic mass is 10.3. The van der Waals surface area contributed by atoms with Crippen LogP contribution in [0.1, 0.15) is 10.6 Å². The molecule has 0 radical (unpaired) electrons. The highest BCUT2D eigenvalue weighted by molar-refractivity contribution is 6.01. The highest BCUT2D eigenvalue weighted by Gasteiger charge is 2.09. The first-order chi connectivity index (χ1) is 10.7. The molecular formula is C16H12FN3O2. The van der Waals surface area contributed by atoms with Crippen LogP contribution in [0.5, 0.6) is 0 Å². The van der Waals surface area contributed by atoms with Crippen molar-refractivity contribution in [3.63, 3.8) is 0 Å². The number of anilines is 3. The molecule has 3 rings (SSSR count). The molecule has 3 aromatic rings. The van der Waals surface area contributed by atoms with Crippen LogP contribution < -0.4 is 10.6 Å². The van der Waals surface area contributed by atoms with Crippen LogP contribution in [0, 0.1) is 5.82 Å². The third kappa shape index (κ3) is 3.29. The Kier molecular flexibility index (Phi) is 3.82. The SMILES string of the molecule is O=C(Nc1ccc(Nc2cccc(F)c2)cn1)c1ccco1. The van der Waals surface area contributed by atoms with E-state index >= 15 is 0 Å². The molecule has 6 heteroatoms. The molecule has 0 unspecified atom stereocenters. The van der Waals surface area contributed by atoms with Gasteiger partial charge in [-0.3, -0.25) is 4.79 Å². The lowest BCUT2D eigenvalue weighted by molar-refractivity contribution is 0.0996. The molecule has 2 N–H and O–H groups in total. The first-order valence-electron chi connectivity index (χ1n) is 6.54. The number of nitrogens with one attached hydrogen (secondary N) is 2. The third-order valence-corrected chi connectivity index (χ3v) is 2.86. The van der Waals surface area contributed by atoms with Crippen molar-refractivity contribution in [1.82, 2.24) is 4.98 Å². The number of amides is 1. The number of pyridine rings is 1. The van der Waals surface area contributed by atoms with E-state index in [9.17, 15) is 9.18 Å². The molecule has 0 aliphatic rings. The quantitative estimate of drug-likeness (QED) is 0.768. The normalized spacial score (nSPS) is 10.2. The average Bonchev–Trinajstić information content (AvgIpc) is 3.04. The van der Waals surface area contributed by atoms with E-state index in [1.54, 1.807) is 42.6 Å². The van der Waals surface area contributed by atoms with E-state index in [0.717, 1.165) is 0 Å². The number of carbonyl (C=O) groups excluding carboxylic acids is 1. The van der Waals surface area contributed by atoms with Gasteiger partial charge in [-0.2, -0.15) is 0 Å². The summed E-state index contributed by atoms with van der Waals surface area (Å²) in [7, 11) is 0. The van der Waals surface area contributed by atoms with Crippen LogP contribution in [0.25, 0.3) is 0 Å². The molecule has 2 aromatic heterocycles. The fraction of sp³-hybridized carbons (Fsp3) is 0. The molecule has 0 saturated heterocycles. The minimum absolute atomic E-state index is 0.212. The Hall–Kier alpha value is -3.15. The van der Waals surface area contributed by atoms with Crippen molar-refractivity contribution in [2.24, 2.45) is 0 Å². The van der Waals surface area contributed by atoms with E-state index in [2.05, 4.69) is 15.6 Å². The van der Waals surface area contributed by atoms with Gasteiger partial charge in [0.1, 0.15) is 11.6 Å². The van der Waals surface area contributed by atoms with Crippen LogP contribution >= 0.6 is 0 Å². The predicted octanol–water partition coefficient (Wildman–Crippen LogP) is 3.81. The Morgan fingerprint density at radius 3 is 2.68 bits per heavy atom. The minimum Gasteiger partial charge on any atom is -0.459 e. The number of hydrogen-bond donors (Lipinski definition) is 2. The fourth-order valence-corrected chi connectivity index (χ4v) is 1.86. The molecule has 0 atom stereocenters. The summed E-state index contributed by atoms with van der Waals surface area (Å²) >= 11 is 0. The maximum absolute atomic E-state index is 13.1. The van der Waals surface area contributed by atoms with E-state index in [0.29, 0.717) is 17.2 Å². The Labute approximate surface area is 125 Å². The standard InChI is InChI=1S/C16H12FN3O2/c17-11-3-1-4-12(9-11)19-13-6-7-15(18-10-13)20-16(21)14-5-2-8-22-14/h1-10,19H,(H,18,20,21). The molecule has 0 aliphatic heterocycles. The Morgan fingerprint density at radius 2 is 2.00 bits per heavy atom. The zero-order chi connectivity index (χ0) is 15.4. The van der Waals surface area contributed by atoms with Crippen LogP contribution in [0.15, 0.2) is 65.4 Å². The van der Waals surface area contributed by atoms with Crippen LogP contribution in [0.3, 0.4) is 0 Å². The van der Waals surface area contributed by atoms with Crippen molar-refractivity contribution < 1.29 is 13.6 Å². The number of nitrogens with zero attached hydrogens (tertiary/aromatic N) is 1. The fourth-order valence-electron chi connectivity index (χ4n) is 1.86. The molecule has 22 heavy (non-hydrogen) atoms. The highest BCUT2D eigenvalue weighted by atomic mass is 19.1. The smallest absolute Gasteiger partial charge is 0.292 e. The van der Waals surface area contributed by atoms with Gasteiger partial charge in [0.05, 0.1) is 18.1 Å². The van der Waals surface area contributed by atoms with Gasteiger partial charge in [-0.05, 0) is 42.5 Å². The first kappa shape index (κ1) is 13.8. The molecule has 0 fully saturated rings. The van der Waals surface area contributed by atoms with Crippen molar-refractivity contribution in [3.8, 4) is 0 Å². The summed E-state index contributed by atoms with van der Waals surface area (Å²) in [4.78, 5) is 15.9. The van der Waals surface area contributed by atoms with Crippen molar-refractivity contribution in [2.45, 2.75) is 0 Å². The number of hydrogen-bond acceptors (Lipinski definition) is 4. The van der Waals surface area contributed by atoms with E-state index in [1.807, 2.05) is 0 Å². The van der Waals surface area contributed by atoms with Gasteiger partial charge in [0.2, 0.25) is 0 Å². The number of furan rings is 1. The highest BCUT2D eigenvalue weighted by Crippen LogP contribution is 2.18. The maximum Gasteiger partial charge on any atom is 0.292 e. The Balaban J connectivity index is 1.66. The molecule has 110 valence electrons. The van der Waals surface area contributed by atoms with Gasteiger partial charge in [0, 0.05) is 5.69 Å². The molecule has 2 heterocycles. The molecule has 0 saturated carbocycles. The van der Waals surface area contributed by atoms with Crippen LogP contribution in [0.2, 0.25) is 0 Å². The largest absolute Gasteiger partial charge is 0.459 e. The molecule has 0 bridgehead atoms. The maximum atomic E-state index is 13.1. The third-order valence-electron chi connectivity index (χ3n) is 2.86. The van der Waals surface area contributed by atoms with Crippen LogP contribution in [-0.4, -0.2) is 10.9 Å². The van der Waals surface area contributed by atoms with Gasteiger partial charge in [0.15, 0.2) is 5.76 Å². The van der Waals surface area contributed by atoms with E-state index in [4.69, 9.17) is 4.42 Å². The summed E-state index contributed by atoms with van der Waals surface area (Å²) in [6.45, 7) is 0. The van der Waals surface area contributed by atoms with Crippen molar-refractivity contribution >= 4 is 23.1 Å². The van der Waals surface area contributed by atoms with E-state index in [1.165, 1.54) is 18.4 Å². The molecule has 0 spiro atoms. The molecular weight excluding hydrogens is 285 g/mol. The Morgan fingerprint density at radius 1 is 1.09 bits per heavy atom. The number of benzene rings is 1. The lowest BCUT2D eigenvalue weighted by Crippen LogP contribution is -2.11. The van der Waals surface area contributed by atoms with Crippen LogP contribution in [-0.2, 0) is 0 Å². The lowest BCUT2D eigenvalue weighted by Gasteiger charge is -2.07. The summed E-state index contributed by atoms with van der Waals surface area (Å²) < 4.78 is 18.1. The van der Waals surface area contributed by atoms with E-state index < -0.39 is 0 Å². The molecule has 5 nitrogen and oxygen atoms in total. The van der Waals surface area contributed by atoms with Gasteiger partial charge in [-0.1, -0.05) is 6.07 Å². The number of halogens is 1. The van der Waals surface area contributed by atoms with Gasteiger partial charge in [0.25, 0.3) is 5.91 Å². The summed E-state index contributed by atoms with van der Waals surface area (Å²) in [5.41, 5.74) is 1.30. The predicted molar refractivity (Wildman–Crippen MR) is 80.6 cm³/mol. The second kappa shape index (κ2) is 6.09. The second-order valence-corrected chi connectivity index (χ2v) is 4.50. The zero-order valence-corrected chi connectivity index (χ0v) is 11.4. The molecule has 1 aromatic carbocycles. The summed E-state index contributed by atoms with van der Waals surface area (Å²) in [5, 5.41) is 5.63. The number of rotatable bonds is 4. The summed E-state index contributed by atoms with van der Waals surface area (Å²) in [6, 6.07) is 12.7. The number of aromatic nitrogens is 1. The average molecular weight is 297 g/mol. The van der Waals surface area contributed by atoms with Crippen LogP contribution in [0.4, 0.5) is 21.6 Å². The minimum atomic E-state index is -0.372. The molecule has 0 aliphatic carbocycles. The Bertz CT molecular complexity index is 770. The van der Waals surface area contributed by atoms with Gasteiger partial charge >= 0.3 is 0 Å². The monoisotopic (exact) mass is 297 g/mol. The van der Waals surface area contributed by atoms with Gasteiger partial charge in [-0.25, -0.2) is 9.37 Å². The van der Waals surface area contributed by atoms with Gasteiger partial charge in [-0.15, -0.1) is 0 Å². The van der Waals surface area contributed by atoms with Gasteiger partial charge < -0.3 is 15.1 Å². The second-order valence-electron chi connectivity index (χ2n) is 4.50. The van der Waals surface area contributed by atoms with E-state index in [-0.39, 0.29) is 17.5 Å². The van der Waals surface area contributed by atoms with Crippen molar-refractivity contribution in [2.75, 3.05) is 10.6 Å². The molecule has 1 amide bonds. The first-order valence-corrected chi connectivity index (χ1v) is 6.54.